The fraction of sp³-hybridized carbons (Fsp3) is 1.00. The molecule has 0 saturated carbocycles. The molecule has 2 heteroatoms. The molecule has 2 unspecified atom stereocenters. The van der Waals surface area contributed by atoms with Crippen LogP contribution in [0.2, 0.25) is 0 Å². The molecule has 1 aliphatic rings. The highest BCUT2D eigenvalue weighted by Crippen LogP contribution is 2.25. The van der Waals surface area contributed by atoms with Gasteiger partial charge in [0.1, 0.15) is 0 Å². The van der Waals surface area contributed by atoms with Gasteiger partial charge in [0.15, 0.2) is 0 Å². The quantitative estimate of drug-likeness (QED) is 0.557. The van der Waals surface area contributed by atoms with Gasteiger partial charge >= 0.3 is 0 Å². The summed E-state index contributed by atoms with van der Waals surface area (Å²) in [6, 6.07) is 0. The Morgan fingerprint density at radius 1 is 1.67 bits per heavy atom. The Labute approximate surface area is 61.3 Å². The van der Waals surface area contributed by atoms with Crippen molar-refractivity contribution >= 4 is 11.6 Å². The van der Waals surface area contributed by atoms with Crippen LogP contribution in [0.15, 0.2) is 0 Å². The number of hydrogen-bond acceptors (Lipinski definition) is 1. The van der Waals surface area contributed by atoms with Gasteiger partial charge in [-0.3, -0.25) is 0 Å². The predicted molar refractivity (Wildman–Crippen MR) is 38.9 cm³/mol. The van der Waals surface area contributed by atoms with Crippen LogP contribution in [-0.4, -0.2) is 18.6 Å². The predicted octanol–water partition coefficient (Wildman–Crippen LogP) is 2.04. The van der Waals surface area contributed by atoms with Crippen molar-refractivity contribution in [1.82, 2.24) is 0 Å². The molecule has 1 aliphatic heterocycles. The number of hydrogen-bond donors (Lipinski definition) is 0. The fourth-order valence-corrected chi connectivity index (χ4v) is 1.52. The summed E-state index contributed by atoms with van der Waals surface area (Å²) in [7, 11) is 0. The minimum absolute atomic E-state index is 0.367. The van der Waals surface area contributed by atoms with Crippen LogP contribution in [-0.2, 0) is 4.74 Å². The van der Waals surface area contributed by atoms with Crippen molar-refractivity contribution in [2.24, 2.45) is 5.92 Å². The molecule has 1 saturated heterocycles. The highest BCUT2D eigenvalue weighted by Gasteiger charge is 2.29. The first-order valence-electron chi connectivity index (χ1n) is 3.56. The first kappa shape index (κ1) is 7.36. The van der Waals surface area contributed by atoms with Gasteiger partial charge in [-0.05, 0) is 6.42 Å². The lowest BCUT2D eigenvalue weighted by atomic mass is 9.94. The average Bonchev–Trinajstić information content (AvgIpc) is 1.82. The Morgan fingerprint density at radius 3 is 2.78 bits per heavy atom. The summed E-state index contributed by atoms with van der Waals surface area (Å²) in [4.78, 5) is 0. The van der Waals surface area contributed by atoms with Crippen molar-refractivity contribution in [2.45, 2.75) is 25.9 Å². The zero-order chi connectivity index (χ0) is 6.69. The lowest BCUT2D eigenvalue weighted by Crippen LogP contribution is -2.40. The smallest absolute Gasteiger partial charge is 0.0760 e. The molecule has 0 N–H and O–H groups in total. The standard InChI is InChI=1S/C7H13ClO/c1-2-3-6-5-9-7(6)4-8/h6-7H,2-5H2,1H3. The average molecular weight is 149 g/mol. The summed E-state index contributed by atoms with van der Waals surface area (Å²) in [6.07, 6.45) is 2.89. The molecule has 54 valence electrons. The van der Waals surface area contributed by atoms with Crippen molar-refractivity contribution in [1.29, 1.82) is 0 Å². The lowest BCUT2D eigenvalue weighted by molar-refractivity contribution is -0.103. The van der Waals surface area contributed by atoms with E-state index in [1.165, 1.54) is 12.8 Å². The first-order valence-corrected chi connectivity index (χ1v) is 4.09. The largest absolute Gasteiger partial charge is 0.376 e. The van der Waals surface area contributed by atoms with Gasteiger partial charge < -0.3 is 4.74 Å². The molecule has 1 nitrogen and oxygen atoms in total. The van der Waals surface area contributed by atoms with Gasteiger partial charge in [-0.2, -0.15) is 0 Å². The third kappa shape index (κ3) is 1.59. The molecule has 0 bridgehead atoms. The third-order valence-corrected chi connectivity index (χ3v) is 2.17. The third-order valence-electron chi connectivity index (χ3n) is 1.86. The summed E-state index contributed by atoms with van der Waals surface area (Å²) in [5, 5.41) is 0. The lowest BCUT2D eigenvalue weighted by Gasteiger charge is -2.35. The van der Waals surface area contributed by atoms with E-state index in [2.05, 4.69) is 6.92 Å². The fourth-order valence-electron chi connectivity index (χ4n) is 1.18. The van der Waals surface area contributed by atoms with Crippen LogP contribution < -0.4 is 0 Å². The maximum atomic E-state index is 5.61. The second kappa shape index (κ2) is 3.43. The van der Waals surface area contributed by atoms with Crippen molar-refractivity contribution in [2.75, 3.05) is 12.5 Å². The van der Waals surface area contributed by atoms with Gasteiger partial charge in [0, 0.05) is 11.8 Å². The van der Waals surface area contributed by atoms with Gasteiger partial charge in [-0.25, -0.2) is 0 Å². The Hall–Kier alpha value is 0.250. The molecule has 0 aromatic heterocycles. The van der Waals surface area contributed by atoms with Crippen LogP contribution in [0.5, 0.6) is 0 Å². The molecule has 0 radical (unpaired) electrons. The van der Waals surface area contributed by atoms with Gasteiger partial charge in [-0.1, -0.05) is 13.3 Å². The van der Waals surface area contributed by atoms with Crippen LogP contribution in [0.25, 0.3) is 0 Å². The molecule has 1 rings (SSSR count). The highest BCUT2D eigenvalue weighted by molar-refractivity contribution is 6.18. The van der Waals surface area contributed by atoms with E-state index in [1.807, 2.05) is 0 Å². The van der Waals surface area contributed by atoms with Gasteiger partial charge in [-0.15, -0.1) is 11.6 Å². The normalized spacial score (nSPS) is 34.0. The number of alkyl halides is 1. The monoisotopic (exact) mass is 148 g/mol. The second-order valence-electron chi connectivity index (χ2n) is 2.57. The molecule has 2 atom stereocenters. The molecule has 0 amide bonds. The summed E-state index contributed by atoms with van der Waals surface area (Å²) < 4.78 is 5.21. The Balaban J connectivity index is 2.11. The van der Waals surface area contributed by atoms with E-state index in [0.717, 1.165) is 12.5 Å². The summed E-state index contributed by atoms with van der Waals surface area (Å²) in [5.74, 6) is 1.43. The van der Waals surface area contributed by atoms with Gasteiger partial charge in [0.2, 0.25) is 0 Å². The van der Waals surface area contributed by atoms with E-state index in [0.29, 0.717) is 12.0 Å². The molecule has 1 fully saturated rings. The Morgan fingerprint density at radius 2 is 2.44 bits per heavy atom. The van der Waals surface area contributed by atoms with Crippen molar-refractivity contribution in [3.8, 4) is 0 Å². The maximum Gasteiger partial charge on any atom is 0.0760 e. The van der Waals surface area contributed by atoms with Crippen LogP contribution in [0.3, 0.4) is 0 Å². The highest BCUT2D eigenvalue weighted by atomic mass is 35.5. The molecule has 0 aromatic rings. The topological polar surface area (TPSA) is 9.23 Å². The molecule has 1 heterocycles. The molecule has 0 aromatic carbocycles. The Kier molecular flexibility index (Phi) is 2.80. The maximum absolute atomic E-state index is 5.61. The van der Waals surface area contributed by atoms with Gasteiger partial charge in [0.25, 0.3) is 0 Å². The molecule has 9 heavy (non-hydrogen) atoms. The van der Waals surface area contributed by atoms with Crippen LogP contribution in [0.1, 0.15) is 19.8 Å². The van der Waals surface area contributed by atoms with E-state index in [9.17, 15) is 0 Å². The Bertz CT molecular complexity index is 83.0. The number of rotatable bonds is 3. The summed E-state index contributed by atoms with van der Waals surface area (Å²) >= 11 is 5.61. The van der Waals surface area contributed by atoms with E-state index < -0.39 is 0 Å². The van der Waals surface area contributed by atoms with Crippen molar-refractivity contribution < 1.29 is 4.74 Å². The van der Waals surface area contributed by atoms with Crippen LogP contribution >= 0.6 is 11.6 Å². The summed E-state index contributed by atoms with van der Waals surface area (Å²) in [6.45, 7) is 3.13. The minimum atomic E-state index is 0.367. The van der Waals surface area contributed by atoms with Crippen molar-refractivity contribution in [3.05, 3.63) is 0 Å². The number of halogens is 1. The van der Waals surface area contributed by atoms with E-state index in [-0.39, 0.29) is 0 Å². The SMILES string of the molecule is CCCC1COC1CCl. The minimum Gasteiger partial charge on any atom is -0.376 e. The molecule has 0 aliphatic carbocycles. The van der Waals surface area contributed by atoms with E-state index >= 15 is 0 Å². The van der Waals surface area contributed by atoms with Gasteiger partial charge in [0.05, 0.1) is 12.7 Å². The van der Waals surface area contributed by atoms with Crippen LogP contribution in [0.4, 0.5) is 0 Å². The molecule has 0 spiro atoms. The second-order valence-corrected chi connectivity index (χ2v) is 2.88. The zero-order valence-corrected chi connectivity index (χ0v) is 6.53. The van der Waals surface area contributed by atoms with Crippen LogP contribution in [0, 0.1) is 5.92 Å². The zero-order valence-electron chi connectivity index (χ0n) is 5.77. The molecular formula is C7H13ClO. The molecular weight excluding hydrogens is 136 g/mol. The number of ether oxygens (including phenoxy) is 1. The first-order chi connectivity index (χ1) is 4.38. The van der Waals surface area contributed by atoms with E-state index in [1.54, 1.807) is 0 Å². The van der Waals surface area contributed by atoms with E-state index in [4.69, 9.17) is 16.3 Å². The summed E-state index contributed by atoms with van der Waals surface area (Å²) in [5.41, 5.74) is 0. The van der Waals surface area contributed by atoms with Crippen molar-refractivity contribution in [3.63, 3.8) is 0 Å².